The van der Waals surface area contributed by atoms with E-state index in [1.165, 1.54) is 11.8 Å². The van der Waals surface area contributed by atoms with E-state index in [0.717, 1.165) is 9.50 Å². The first kappa shape index (κ1) is 10.5. The number of nitrogens with two attached hydrogens (primary N) is 1. The number of hydrogen-bond acceptors (Lipinski definition) is 4. The van der Waals surface area contributed by atoms with E-state index in [0.29, 0.717) is 5.75 Å². The van der Waals surface area contributed by atoms with Gasteiger partial charge in [0.2, 0.25) is 0 Å². The summed E-state index contributed by atoms with van der Waals surface area (Å²) in [6, 6.07) is 5.29. The van der Waals surface area contributed by atoms with Gasteiger partial charge in [-0.2, -0.15) is 5.26 Å². The highest BCUT2D eigenvalue weighted by atomic mass is 79.9. The molecule has 1 aromatic rings. The molecule has 1 unspecified atom stereocenters. The Hall–Kier alpha value is -0.570. The lowest BCUT2D eigenvalue weighted by molar-refractivity contribution is 0.949. The van der Waals surface area contributed by atoms with Crippen LogP contribution in [0.2, 0.25) is 0 Å². The second-order valence-corrected chi connectivity index (χ2v) is 4.20. The van der Waals surface area contributed by atoms with Gasteiger partial charge in [-0.25, -0.2) is 4.98 Å². The van der Waals surface area contributed by atoms with E-state index in [2.05, 4.69) is 20.9 Å². The van der Waals surface area contributed by atoms with E-state index in [-0.39, 0.29) is 0 Å². The van der Waals surface area contributed by atoms with Crippen LogP contribution in [0, 0.1) is 11.3 Å². The highest BCUT2D eigenvalue weighted by molar-refractivity contribution is 9.10. The van der Waals surface area contributed by atoms with Gasteiger partial charge >= 0.3 is 0 Å². The van der Waals surface area contributed by atoms with Crippen molar-refractivity contribution in [1.29, 1.82) is 5.26 Å². The highest BCUT2D eigenvalue weighted by Gasteiger charge is 2.04. The molecule has 0 aliphatic heterocycles. The monoisotopic (exact) mass is 257 g/mol. The second kappa shape index (κ2) is 5.22. The van der Waals surface area contributed by atoms with Crippen LogP contribution in [0.4, 0.5) is 0 Å². The first-order valence-corrected chi connectivity index (χ1v) is 5.40. The predicted molar refractivity (Wildman–Crippen MR) is 56.2 cm³/mol. The average Bonchev–Trinajstić information content (AvgIpc) is 2.16. The molecule has 0 spiro atoms. The largest absolute Gasteiger partial charge is 0.315 e. The van der Waals surface area contributed by atoms with Gasteiger partial charge in [0.05, 0.1) is 6.07 Å². The smallest absolute Gasteiger partial charge is 0.110 e. The van der Waals surface area contributed by atoms with Crippen molar-refractivity contribution in [3.8, 4) is 6.07 Å². The van der Waals surface area contributed by atoms with Gasteiger partial charge in [0, 0.05) is 16.4 Å². The molecule has 5 heteroatoms. The number of aromatic nitrogens is 1. The number of hydrogen-bond donors (Lipinski definition) is 1. The first-order chi connectivity index (χ1) is 6.24. The lowest BCUT2D eigenvalue weighted by Gasteiger charge is -2.03. The minimum absolute atomic E-state index is 0.432. The second-order valence-electron chi connectivity index (χ2n) is 2.34. The van der Waals surface area contributed by atoms with Crippen molar-refractivity contribution in [3.05, 3.63) is 22.8 Å². The fourth-order valence-corrected chi connectivity index (χ4v) is 2.04. The molecule has 3 nitrogen and oxygen atoms in total. The standard InChI is InChI=1S/C8H8BrN3S/c9-7-2-1-3-12-8(7)13-5-6(11)4-10/h1-3,6H,5,11H2. The van der Waals surface area contributed by atoms with Crippen molar-refractivity contribution in [3.63, 3.8) is 0 Å². The Morgan fingerprint density at radius 2 is 2.54 bits per heavy atom. The molecule has 1 rings (SSSR count). The van der Waals surface area contributed by atoms with Crippen LogP contribution in [0.25, 0.3) is 0 Å². The topological polar surface area (TPSA) is 62.7 Å². The molecular formula is C8H8BrN3S. The van der Waals surface area contributed by atoms with E-state index in [1.54, 1.807) is 6.20 Å². The SMILES string of the molecule is N#CC(N)CSc1ncccc1Br. The van der Waals surface area contributed by atoms with Crippen LogP contribution in [-0.2, 0) is 0 Å². The fourth-order valence-electron chi connectivity index (χ4n) is 0.683. The molecule has 0 aromatic carbocycles. The van der Waals surface area contributed by atoms with Gasteiger partial charge in [-0.3, -0.25) is 0 Å². The van der Waals surface area contributed by atoms with Crippen LogP contribution in [-0.4, -0.2) is 16.8 Å². The summed E-state index contributed by atoms with van der Waals surface area (Å²) in [4.78, 5) is 4.14. The summed E-state index contributed by atoms with van der Waals surface area (Å²) in [6.07, 6.45) is 1.71. The molecule has 1 aromatic heterocycles. The van der Waals surface area contributed by atoms with E-state index in [4.69, 9.17) is 11.0 Å². The quantitative estimate of drug-likeness (QED) is 0.839. The van der Waals surface area contributed by atoms with Crippen molar-refractivity contribution in [1.82, 2.24) is 4.98 Å². The first-order valence-electron chi connectivity index (χ1n) is 3.62. The van der Waals surface area contributed by atoms with E-state index in [9.17, 15) is 0 Å². The Balaban J connectivity index is 2.56. The summed E-state index contributed by atoms with van der Waals surface area (Å²) >= 11 is 4.84. The molecule has 0 radical (unpaired) electrons. The molecule has 13 heavy (non-hydrogen) atoms. The molecular weight excluding hydrogens is 250 g/mol. The lowest BCUT2D eigenvalue weighted by atomic mass is 10.4. The summed E-state index contributed by atoms with van der Waals surface area (Å²) in [5.41, 5.74) is 5.45. The van der Waals surface area contributed by atoms with Crippen LogP contribution in [0.3, 0.4) is 0 Å². The molecule has 0 fully saturated rings. The molecule has 0 saturated carbocycles. The Morgan fingerprint density at radius 3 is 3.15 bits per heavy atom. The molecule has 68 valence electrons. The number of halogens is 1. The third-order valence-electron chi connectivity index (χ3n) is 1.29. The zero-order valence-corrected chi connectivity index (χ0v) is 9.18. The molecule has 2 N–H and O–H groups in total. The van der Waals surface area contributed by atoms with Crippen LogP contribution in [0.1, 0.15) is 0 Å². The maximum absolute atomic E-state index is 8.46. The number of thioether (sulfide) groups is 1. The van der Waals surface area contributed by atoms with Crippen molar-refractivity contribution < 1.29 is 0 Å². The Labute approximate surface area is 89.5 Å². The number of nitriles is 1. The third-order valence-corrected chi connectivity index (χ3v) is 3.32. The minimum atomic E-state index is -0.432. The Kier molecular flexibility index (Phi) is 4.22. The highest BCUT2D eigenvalue weighted by Crippen LogP contribution is 2.24. The van der Waals surface area contributed by atoms with Gasteiger partial charge in [0.25, 0.3) is 0 Å². The molecule has 0 aliphatic carbocycles. The normalized spacial score (nSPS) is 12.1. The predicted octanol–water partition coefficient (Wildman–Crippen LogP) is 1.79. The molecule has 0 aliphatic rings. The van der Waals surface area contributed by atoms with Gasteiger partial charge in [-0.05, 0) is 28.1 Å². The van der Waals surface area contributed by atoms with Gasteiger partial charge in [0.15, 0.2) is 0 Å². The number of pyridine rings is 1. The lowest BCUT2D eigenvalue weighted by Crippen LogP contribution is -2.19. The third kappa shape index (κ3) is 3.35. The van der Waals surface area contributed by atoms with Crippen molar-refractivity contribution in [2.45, 2.75) is 11.1 Å². The molecule has 0 saturated heterocycles. The summed E-state index contributed by atoms with van der Waals surface area (Å²) in [5.74, 6) is 0.562. The van der Waals surface area contributed by atoms with Crippen molar-refractivity contribution in [2.75, 3.05) is 5.75 Å². The van der Waals surface area contributed by atoms with E-state index in [1.807, 2.05) is 18.2 Å². The number of nitrogens with zero attached hydrogens (tertiary/aromatic N) is 2. The van der Waals surface area contributed by atoms with Gasteiger partial charge in [-0.1, -0.05) is 0 Å². The van der Waals surface area contributed by atoms with Gasteiger partial charge in [-0.15, -0.1) is 11.8 Å². The zero-order valence-electron chi connectivity index (χ0n) is 6.77. The molecule has 1 heterocycles. The van der Waals surface area contributed by atoms with E-state index < -0.39 is 6.04 Å². The van der Waals surface area contributed by atoms with Crippen molar-refractivity contribution in [2.24, 2.45) is 5.73 Å². The number of rotatable bonds is 3. The fraction of sp³-hybridized carbons (Fsp3) is 0.250. The molecule has 0 bridgehead atoms. The van der Waals surface area contributed by atoms with Crippen LogP contribution in [0.15, 0.2) is 27.8 Å². The molecule has 1 atom stereocenters. The summed E-state index contributed by atoms with van der Waals surface area (Å²) in [7, 11) is 0. The Morgan fingerprint density at radius 1 is 1.77 bits per heavy atom. The average molecular weight is 258 g/mol. The van der Waals surface area contributed by atoms with Gasteiger partial charge < -0.3 is 5.73 Å². The summed E-state index contributed by atoms with van der Waals surface area (Å²) in [6.45, 7) is 0. The summed E-state index contributed by atoms with van der Waals surface area (Å²) < 4.78 is 0.935. The van der Waals surface area contributed by atoms with Gasteiger partial charge in [0.1, 0.15) is 11.1 Å². The van der Waals surface area contributed by atoms with Crippen molar-refractivity contribution >= 4 is 27.7 Å². The maximum atomic E-state index is 8.46. The van der Waals surface area contributed by atoms with E-state index >= 15 is 0 Å². The van der Waals surface area contributed by atoms with Crippen LogP contribution in [0.5, 0.6) is 0 Å². The van der Waals surface area contributed by atoms with Crippen LogP contribution >= 0.6 is 27.7 Å². The summed E-state index contributed by atoms with van der Waals surface area (Å²) in [5, 5.41) is 9.33. The maximum Gasteiger partial charge on any atom is 0.110 e. The zero-order chi connectivity index (χ0) is 9.68. The van der Waals surface area contributed by atoms with Crippen LogP contribution < -0.4 is 5.73 Å². The molecule has 0 amide bonds. The minimum Gasteiger partial charge on any atom is -0.315 e. The Bertz CT molecular complexity index is 323.